The van der Waals surface area contributed by atoms with Gasteiger partial charge in [0.05, 0.1) is 0 Å². The van der Waals surface area contributed by atoms with Crippen LogP contribution in [0.15, 0.2) is 5.29 Å². The van der Waals surface area contributed by atoms with Gasteiger partial charge in [0.2, 0.25) is 0 Å². The minimum Gasteiger partial charge on any atom is -0.314 e. The fourth-order valence-electron chi connectivity index (χ4n) is 3.07. The standard InChI is InChI=1S/C12H30N2OSi2/c1-7-16(8-2,9-3)14(13-15)17(10-4,11-5)12-6/h7-12H2,1-6H3. The highest BCUT2D eigenvalue weighted by molar-refractivity contribution is 6.92. The van der Waals surface area contributed by atoms with Crippen LogP contribution in [0.2, 0.25) is 36.3 Å². The molecule has 0 aromatic carbocycles. The van der Waals surface area contributed by atoms with Crippen LogP contribution < -0.4 is 0 Å². The van der Waals surface area contributed by atoms with E-state index in [9.17, 15) is 4.91 Å². The van der Waals surface area contributed by atoms with Gasteiger partial charge in [-0.3, -0.25) is 0 Å². The van der Waals surface area contributed by atoms with Crippen LogP contribution in [0.3, 0.4) is 0 Å². The van der Waals surface area contributed by atoms with Gasteiger partial charge in [0.15, 0.2) is 16.5 Å². The van der Waals surface area contributed by atoms with Crippen LogP contribution in [0.5, 0.6) is 0 Å². The van der Waals surface area contributed by atoms with Crippen LogP contribution in [0, 0.1) is 4.91 Å². The zero-order valence-corrected chi connectivity index (χ0v) is 14.5. The Morgan fingerprint density at radius 3 is 1.06 bits per heavy atom. The molecule has 0 spiro atoms. The third kappa shape index (κ3) is 2.99. The molecule has 102 valence electrons. The van der Waals surface area contributed by atoms with Crippen molar-refractivity contribution in [3.63, 3.8) is 0 Å². The number of hydrogen-bond acceptors (Lipinski definition) is 2. The third-order valence-corrected chi connectivity index (χ3v) is 17.6. The molecule has 3 nitrogen and oxygen atoms in total. The second-order valence-electron chi connectivity index (χ2n) is 4.96. The highest BCUT2D eigenvalue weighted by atomic mass is 28.4. The van der Waals surface area contributed by atoms with Gasteiger partial charge in [-0.2, -0.15) is 0 Å². The largest absolute Gasteiger partial charge is 0.314 e. The molecule has 5 heteroatoms. The molecule has 0 aliphatic heterocycles. The summed E-state index contributed by atoms with van der Waals surface area (Å²) in [6.07, 6.45) is 0. The molecule has 0 bridgehead atoms. The van der Waals surface area contributed by atoms with E-state index in [2.05, 4.69) is 51.2 Å². The molecular weight excluding hydrogens is 244 g/mol. The van der Waals surface area contributed by atoms with Crippen molar-refractivity contribution in [1.29, 1.82) is 0 Å². The summed E-state index contributed by atoms with van der Waals surface area (Å²) in [6, 6.07) is 6.92. The maximum atomic E-state index is 11.5. The van der Waals surface area contributed by atoms with Gasteiger partial charge in [-0.1, -0.05) is 41.5 Å². The lowest BCUT2D eigenvalue weighted by Gasteiger charge is -2.47. The average molecular weight is 275 g/mol. The normalized spacial score (nSPS) is 12.6. The molecule has 0 fully saturated rings. The lowest BCUT2D eigenvalue weighted by Crippen LogP contribution is -2.63. The molecule has 0 rings (SSSR count). The topological polar surface area (TPSA) is 32.7 Å². The molecule has 0 aromatic heterocycles. The van der Waals surface area contributed by atoms with Gasteiger partial charge in [-0.05, 0) is 36.3 Å². The summed E-state index contributed by atoms with van der Waals surface area (Å²) in [5, 5.41) is 3.56. The highest BCUT2D eigenvalue weighted by Crippen LogP contribution is 2.35. The van der Waals surface area contributed by atoms with Crippen LogP contribution in [0.1, 0.15) is 41.5 Å². The van der Waals surface area contributed by atoms with Gasteiger partial charge >= 0.3 is 0 Å². The van der Waals surface area contributed by atoms with E-state index in [0.717, 1.165) is 36.3 Å². The minimum atomic E-state index is -1.63. The van der Waals surface area contributed by atoms with Crippen molar-refractivity contribution in [2.45, 2.75) is 77.8 Å². The highest BCUT2D eigenvalue weighted by Gasteiger charge is 2.47. The summed E-state index contributed by atoms with van der Waals surface area (Å²) in [5.74, 6) is 0. The van der Waals surface area contributed by atoms with Crippen LogP contribution in [-0.4, -0.2) is 20.8 Å². The van der Waals surface area contributed by atoms with E-state index in [-0.39, 0.29) is 0 Å². The minimum absolute atomic E-state index is 1.15. The fraction of sp³-hybridized carbons (Fsp3) is 1.00. The number of rotatable bonds is 9. The van der Waals surface area contributed by atoms with Crippen molar-refractivity contribution in [3.05, 3.63) is 4.91 Å². The molecule has 0 unspecified atom stereocenters. The number of hydrogen-bond donors (Lipinski definition) is 0. The summed E-state index contributed by atoms with van der Waals surface area (Å²) < 4.78 is 2.18. The van der Waals surface area contributed by atoms with Gasteiger partial charge in [0.25, 0.3) is 0 Å². The zero-order valence-electron chi connectivity index (χ0n) is 12.5. The second kappa shape index (κ2) is 7.31. The monoisotopic (exact) mass is 274 g/mol. The summed E-state index contributed by atoms with van der Waals surface area (Å²) in [7, 11) is -3.26. The summed E-state index contributed by atoms with van der Waals surface area (Å²) in [4.78, 5) is 11.5. The Labute approximate surface area is 109 Å². The quantitative estimate of drug-likeness (QED) is 0.337. The van der Waals surface area contributed by atoms with Gasteiger partial charge in [0.1, 0.15) is 0 Å². The van der Waals surface area contributed by atoms with Crippen molar-refractivity contribution >= 4 is 16.5 Å². The van der Waals surface area contributed by atoms with Crippen molar-refractivity contribution in [2.24, 2.45) is 5.29 Å². The van der Waals surface area contributed by atoms with Gasteiger partial charge < -0.3 is 4.34 Å². The summed E-state index contributed by atoms with van der Waals surface area (Å²) in [6.45, 7) is 13.5. The zero-order chi connectivity index (χ0) is 13.5. The van der Waals surface area contributed by atoms with Crippen molar-refractivity contribution in [2.75, 3.05) is 0 Å². The first-order valence-corrected chi connectivity index (χ1v) is 12.3. The molecule has 0 radical (unpaired) electrons. The molecular formula is C12H30N2OSi2. The summed E-state index contributed by atoms with van der Waals surface area (Å²) in [5.41, 5.74) is 0. The molecule has 0 atom stereocenters. The maximum absolute atomic E-state index is 11.5. The van der Waals surface area contributed by atoms with Gasteiger partial charge in [-0.25, -0.2) is 0 Å². The Morgan fingerprint density at radius 2 is 0.941 bits per heavy atom. The van der Waals surface area contributed by atoms with Gasteiger partial charge in [-0.15, -0.1) is 4.91 Å². The second-order valence-corrected chi connectivity index (χ2v) is 15.4. The summed E-state index contributed by atoms with van der Waals surface area (Å²) >= 11 is 0. The molecule has 0 aromatic rings. The Bertz CT molecular complexity index is 192. The van der Waals surface area contributed by atoms with E-state index in [1.807, 2.05) is 0 Å². The molecule has 17 heavy (non-hydrogen) atoms. The first-order valence-electron chi connectivity index (χ1n) is 7.19. The van der Waals surface area contributed by atoms with E-state index in [4.69, 9.17) is 0 Å². The van der Waals surface area contributed by atoms with Crippen LogP contribution >= 0.6 is 0 Å². The van der Waals surface area contributed by atoms with E-state index in [0.29, 0.717) is 0 Å². The lowest BCUT2D eigenvalue weighted by molar-refractivity contribution is 0.609. The Morgan fingerprint density at radius 1 is 0.706 bits per heavy atom. The third-order valence-electron chi connectivity index (χ3n) is 4.93. The molecule has 0 amide bonds. The first-order chi connectivity index (χ1) is 8.06. The molecule has 0 heterocycles. The van der Waals surface area contributed by atoms with Crippen molar-refractivity contribution in [3.8, 4) is 0 Å². The van der Waals surface area contributed by atoms with Crippen LogP contribution in [0.4, 0.5) is 0 Å². The maximum Gasteiger partial charge on any atom is 0.170 e. The van der Waals surface area contributed by atoms with Crippen molar-refractivity contribution < 1.29 is 0 Å². The fourth-order valence-corrected chi connectivity index (χ4v) is 15.1. The van der Waals surface area contributed by atoms with E-state index in [1.54, 1.807) is 0 Å². The lowest BCUT2D eigenvalue weighted by atomic mass is 10.9. The van der Waals surface area contributed by atoms with Crippen molar-refractivity contribution in [1.82, 2.24) is 4.34 Å². The predicted octanol–water partition coefficient (Wildman–Crippen LogP) is 4.98. The molecule has 0 saturated heterocycles. The van der Waals surface area contributed by atoms with E-state index in [1.165, 1.54) is 0 Å². The van der Waals surface area contributed by atoms with Crippen LogP contribution in [0.25, 0.3) is 0 Å². The molecule has 0 aliphatic rings. The van der Waals surface area contributed by atoms with Gasteiger partial charge in [0, 0.05) is 5.29 Å². The predicted molar refractivity (Wildman–Crippen MR) is 82.0 cm³/mol. The Kier molecular flexibility index (Phi) is 7.24. The SMILES string of the molecule is CC[Si](CC)(CC)N(N=O)[Si](CC)(CC)CC. The smallest absolute Gasteiger partial charge is 0.170 e. The molecule has 0 N–H and O–H groups in total. The van der Waals surface area contributed by atoms with E-state index < -0.39 is 16.5 Å². The Balaban J connectivity index is 5.47. The average Bonchev–Trinajstić information content (AvgIpc) is 2.40. The first kappa shape index (κ1) is 16.8. The Hall–Kier alpha value is -0.166. The number of nitrogens with zero attached hydrogens (tertiary/aromatic N) is 2. The molecule has 0 saturated carbocycles. The van der Waals surface area contributed by atoms with E-state index >= 15 is 0 Å². The van der Waals surface area contributed by atoms with Crippen LogP contribution in [-0.2, 0) is 0 Å². The number of nitroso groups, excluding NO2 is 1. The molecule has 0 aliphatic carbocycles.